The standard InChI is InChI=1S/C12H16ClNO/c1-8-4-11(13)5-10(12(8)15)7-14-6-9-2-3-9/h4-5,9,14-15H,2-3,6-7H2,1H3. The molecular weight excluding hydrogens is 210 g/mol. The monoisotopic (exact) mass is 225 g/mol. The number of hydrogen-bond acceptors (Lipinski definition) is 2. The van der Waals surface area contributed by atoms with Gasteiger partial charge in [-0.05, 0) is 49.9 Å². The molecule has 0 saturated heterocycles. The number of benzene rings is 1. The van der Waals surface area contributed by atoms with Gasteiger partial charge in [-0.25, -0.2) is 0 Å². The first-order valence-electron chi connectivity index (χ1n) is 5.35. The van der Waals surface area contributed by atoms with Gasteiger partial charge >= 0.3 is 0 Å². The number of aryl methyl sites for hydroxylation is 1. The Kier molecular flexibility index (Phi) is 3.17. The molecule has 0 spiro atoms. The van der Waals surface area contributed by atoms with Crippen LogP contribution in [0.5, 0.6) is 5.75 Å². The number of phenolic OH excluding ortho intramolecular Hbond substituents is 1. The van der Waals surface area contributed by atoms with Crippen molar-refractivity contribution in [1.29, 1.82) is 0 Å². The summed E-state index contributed by atoms with van der Waals surface area (Å²) in [7, 11) is 0. The fraction of sp³-hybridized carbons (Fsp3) is 0.500. The maximum absolute atomic E-state index is 9.80. The summed E-state index contributed by atoms with van der Waals surface area (Å²) in [6.45, 7) is 3.61. The van der Waals surface area contributed by atoms with Crippen LogP contribution in [0.25, 0.3) is 0 Å². The molecular formula is C12H16ClNO. The highest BCUT2D eigenvalue weighted by Crippen LogP contribution is 2.29. The van der Waals surface area contributed by atoms with E-state index in [1.165, 1.54) is 12.8 Å². The molecule has 0 aliphatic heterocycles. The van der Waals surface area contributed by atoms with Crippen LogP contribution in [0.4, 0.5) is 0 Å². The topological polar surface area (TPSA) is 32.3 Å². The van der Waals surface area contributed by atoms with Crippen molar-refractivity contribution in [2.75, 3.05) is 6.54 Å². The van der Waals surface area contributed by atoms with Crippen LogP contribution in [0.3, 0.4) is 0 Å². The van der Waals surface area contributed by atoms with E-state index in [1.807, 2.05) is 13.0 Å². The molecule has 2 nitrogen and oxygen atoms in total. The molecule has 0 aromatic heterocycles. The highest BCUT2D eigenvalue weighted by Gasteiger charge is 2.20. The minimum Gasteiger partial charge on any atom is -0.507 e. The molecule has 1 saturated carbocycles. The second kappa shape index (κ2) is 4.42. The fourth-order valence-electron chi connectivity index (χ4n) is 1.67. The molecule has 82 valence electrons. The highest BCUT2D eigenvalue weighted by atomic mass is 35.5. The van der Waals surface area contributed by atoms with Gasteiger partial charge in [0.05, 0.1) is 0 Å². The van der Waals surface area contributed by atoms with Gasteiger partial charge in [0.15, 0.2) is 0 Å². The van der Waals surface area contributed by atoms with Crippen LogP contribution < -0.4 is 5.32 Å². The molecule has 1 aliphatic carbocycles. The minimum atomic E-state index is 0.364. The van der Waals surface area contributed by atoms with Gasteiger partial charge in [0.2, 0.25) is 0 Å². The van der Waals surface area contributed by atoms with E-state index in [-0.39, 0.29) is 0 Å². The largest absolute Gasteiger partial charge is 0.507 e. The zero-order chi connectivity index (χ0) is 10.8. The SMILES string of the molecule is Cc1cc(Cl)cc(CNCC2CC2)c1O. The predicted octanol–water partition coefficient (Wildman–Crippen LogP) is 2.85. The van der Waals surface area contributed by atoms with Crippen molar-refractivity contribution in [2.45, 2.75) is 26.3 Å². The number of aromatic hydroxyl groups is 1. The van der Waals surface area contributed by atoms with Crippen LogP contribution in [-0.4, -0.2) is 11.7 Å². The Hall–Kier alpha value is -0.730. The third-order valence-electron chi connectivity index (χ3n) is 2.79. The maximum Gasteiger partial charge on any atom is 0.123 e. The van der Waals surface area contributed by atoms with E-state index in [0.29, 0.717) is 17.3 Å². The Morgan fingerprint density at radius 3 is 2.87 bits per heavy atom. The lowest BCUT2D eigenvalue weighted by Gasteiger charge is -2.09. The average molecular weight is 226 g/mol. The molecule has 15 heavy (non-hydrogen) atoms. The lowest BCUT2D eigenvalue weighted by molar-refractivity contribution is 0.459. The number of hydrogen-bond donors (Lipinski definition) is 2. The third-order valence-corrected chi connectivity index (χ3v) is 3.01. The van der Waals surface area contributed by atoms with Crippen LogP contribution in [-0.2, 0) is 6.54 Å². The van der Waals surface area contributed by atoms with E-state index in [4.69, 9.17) is 11.6 Å². The van der Waals surface area contributed by atoms with E-state index in [9.17, 15) is 5.11 Å². The smallest absolute Gasteiger partial charge is 0.123 e. The van der Waals surface area contributed by atoms with E-state index >= 15 is 0 Å². The Balaban J connectivity index is 1.98. The summed E-state index contributed by atoms with van der Waals surface area (Å²) in [5.74, 6) is 1.22. The van der Waals surface area contributed by atoms with Crippen LogP contribution in [0, 0.1) is 12.8 Å². The Labute approximate surface area is 95.3 Å². The van der Waals surface area contributed by atoms with Crippen molar-refractivity contribution < 1.29 is 5.11 Å². The normalized spacial score (nSPS) is 15.6. The summed E-state index contributed by atoms with van der Waals surface area (Å²) in [5.41, 5.74) is 1.73. The lowest BCUT2D eigenvalue weighted by Crippen LogP contribution is -2.16. The minimum absolute atomic E-state index is 0.364. The van der Waals surface area contributed by atoms with Gasteiger partial charge in [-0.2, -0.15) is 0 Å². The van der Waals surface area contributed by atoms with E-state index < -0.39 is 0 Å². The van der Waals surface area contributed by atoms with E-state index in [1.54, 1.807) is 6.07 Å². The van der Waals surface area contributed by atoms with Crippen molar-refractivity contribution in [2.24, 2.45) is 5.92 Å². The molecule has 2 rings (SSSR count). The first kappa shape index (κ1) is 10.8. The third kappa shape index (κ3) is 2.86. The van der Waals surface area contributed by atoms with Crippen LogP contribution in [0.15, 0.2) is 12.1 Å². The van der Waals surface area contributed by atoms with Gasteiger partial charge in [0.25, 0.3) is 0 Å². The average Bonchev–Trinajstić information content (AvgIpc) is 2.97. The fourth-order valence-corrected chi connectivity index (χ4v) is 1.97. The summed E-state index contributed by atoms with van der Waals surface area (Å²) in [6.07, 6.45) is 2.68. The van der Waals surface area contributed by atoms with Crippen LogP contribution in [0.2, 0.25) is 5.02 Å². The van der Waals surface area contributed by atoms with Crippen molar-refractivity contribution in [1.82, 2.24) is 5.32 Å². The summed E-state index contributed by atoms with van der Waals surface area (Å²) in [5, 5.41) is 13.8. The van der Waals surface area contributed by atoms with Gasteiger partial charge in [-0.15, -0.1) is 0 Å². The van der Waals surface area contributed by atoms with Crippen LogP contribution >= 0.6 is 11.6 Å². The van der Waals surface area contributed by atoms with Gasteiger partial charge < -0.3 is 10.4 Å². The maximum atomic E-state index is 9.80. The Bertz CT molecular complexity index is 361. The molecule has 0 unspecified atom stereocenters. The lowest BCUT2D eigenvalue weighted by atomic mass is 10.1. The molecule has 1 aliphatic rings. The Morgan fingerprint density at radius 2 is 2.20 bits per heavy atom. The predicted molar refractivity (Wildman–Crippen MR) is 62.3 cm³/mol. The zero-order valence-electron chi connectivity index (χ0n) is 8.89. The zero-order valence-corrected chi connectivity index (χ0v) is 9.64. The number of nitrogens with one attached hydrogen (secondary N) is 1. The molecule has 1 fully saturated rings. The number of rotatable bonds is 4. The molecule has 1 aromatic rings. The van der Waals surface area contributed by atoms with E-state index in [2.05, 4.69) is 5.32 Å². The van der Waals surface area contributed by atoms with Gasteiger partial charge in [0.1, 0.15) is 5.75 Å². The molecule has 3 heteroatoms. The van der Waals surface area contributed by atoms with Gasteiger partial charge in [0, 0.05) is 17.1 Å². The van der Waals surface area contributed by atoms with Crippen molar-refractivity contribution in [3.8, 4) is 5.75 Å². The highest BCUT2D eigenvalue weighted by molar-refractivity contribution is 6.30. The molecule has 2 N–H and O–H groups in total. The molecule has 0 atom stereocenters. The molecule has 0 amide bonds. The van der Waals surface area contributed by atoms with E-state index in [0.717, 1.165) is 23.6 Å². The molecule has 1 aromatic carbocycles. The first-order valence-corrected chi connectivity index (χ1v) is 5.73. The van der Waals surface area contributed by atoms with Gasteiger partial charge in [-0.3, -0.25) is 0 Å². The van der Waals surface area contributed by atoms with Gasteiger partial charge in [-0.1, -0.05) is 11.6 Å². The van der Waals surface area contributed by atoms with Crippen molar-refractivity contribution in [3.63, 3.8) is 0 Å². The molecule has 0 heterocycles. The van der Waals surface area contributed by atoms with Crippen LogP contribution in [0.1, 0.15) is 24.0 Å². The summed E-state index contributed by atoms with van der Waals surface area (Å²) < 4.78 is 0. The van der Waals surface area contributed by atoms with Crippen molar-refractivity contribution >= 4 is 11.6 Å². The Morgan fingerprint density at radius 1 is 1.47 bits per heavy atom. The second-order valence-electron chi connectivity index (χ2n) is 4.30. The number of halogens is 1. The summed E-state index contributed by atoms with van der Waals surface area (Å²) in [6, 6.07) is 3.60. The molecule has 0 radical (unpaired) electrons. The number of phenols is 1. The summed E-state index contributed by atoms with van der Waals surface area (Å²) >= 11 is 5.94. The second-order valence-corrected chi connectivity index (χ2v) is 4.74. The first-order chi connectivity index (χ1) is 7.16. The molecule has 0 bridgehead atoms. The van der Waals surface area contributed by atoms with Crippen molar-refractivity contribution in [3.05, 3.63) is 28.3 Å². The summed E-state index contributed by atoms with van der Waals surface area (Å²) in [4.78, 5) is 0. The quantitative estimate of drug-likeness (QED) is 0.826.